The van der Waals surface area contributed by atoms with Gasteiger partial charge in [0.05, 0.1) is 6.10 Å². The molecule has 0 aromatic heterocycles. The van der Waals surface area contributed by atoms with Crippen LogP contribution in [0, 0.1) is 30.1 Å². The van der Waals surface area contributed by atoms with Crippen molar-refractivity contribution in [3.8, 4) is 0 Å². The maximum Gasteiger partial charge on any atom is 0.199 e. The van der Waals surface area contributed by atoms with Gasteiger partial charge in [-0.1, -0.05) is 26.7 Å². The maximum atomic E-state index is 6.39. The Hall–Kier alpha value is 0.984. The Kier molecular flexibility index (Phi) is 4.65. The van der Waals surface area contributed by atoms with Gasteiger partial charge in [0.15, 0.2) is 5.79 Å². The first kappa shape index (κ1) is 16.8. The number of hydrogen-bond acceptors (Lipinski definition) is 3. The second kappa shape index (κ2) is 5.81. The van der Waals surface area contributed by atoms with Crippen LogP contribution in [0.1, 0.15) is 59.3 Å². The standard InChI is InChI=1S/C17H27O3.Y/c1-4-12-6-8-15-17-13(11(2)5-7-14(12)17)9-10-16(3,18-15)19-20-17;/h6,11-15H,4-5,7-10H2,1-3H3;/q-1;/t11?,12?,13?,14?,15?,16-,17-;/m1./s1. The predicted octanol–water partition coefficient (Wildman–Crippen LogP) is 3.88. The fourth-order valence-electron chi connectivity index (χ4n) is 5.54. The van der Waals surface area contributed by atoms with Crippen LogP contribution < -0.4 is 0 Å². The number of rotatable bonds is 1. The molecule has 0 amide bonds. The molecule has 2 aliphatic carbocycles. The Morgan fingerprint density at radius 2 is 1.95 bits per heavy atom. The predicted molar refractivity (Wildman–Crippen MR) is 75.5 cm³/mol. The minimum Gasteiger partial charge on any atom is -0.344 e. The minimum absolute atomic E-state index is 0. The first-order valence-electron chi connectivity index (χ1n) is 8.47. The SMILES string of the molecule is CCC1[CH-]CC2O[C@@]3(C)CCC4C(C)CCC1[C@@]24OO3.[Y]. The Balaban J connectivity index is 0.00000132. The maximum absolute atomic E-state index is 6.39. The molecule has 4 heteroatoms. The van der Waals surface area contributed by atoms with Crippen LogP contribution in [0.5, 0.6) is 0 Å². The molecule has 3 heterocycles. The molecule has 2 bridgehead atoms. The Morgan fingerprint density at radius 3 is 2.71 bits per heavy atom. The molecule has 3 aliphatic heterocycles. The van der Waals surface area contributed by atoms with Gasteiger partial charge >= 0.3 is 0 Å². The first-order valence-corrected chi connectivity index (χ1v) is 8.47. The third kappa shape index (κ3) is 2.33. The summed E-state index contributed by atoms with van der Waals surface area (Å²) in [4.78, 5) is 12.0. The molecule has 21 heavy (non-hydrogen) atoms. The zero-order chi connectivity index (χ0) is 14.0. The van der Waals surface area contributed by atoms with Gasteiger partial charge in [0.1, 0.15) is 5.60 Å². The monoisotopic (exact) mass is 368 g/mol. The molecule has 5 fully saturated rings. The van der Waals surface area contributed by atoms with E-state index in [1.807, 2.05) is 6.92 Å². The van der Waals surface area contributed by atoms with Crippen LogP contribution in [0.4, 0.5) is 0 Å². The van der Waals surface area contributed by atoms with E-state index in [2.05, 4.69) is 20.3 Å². The summed E-state index contributed by atoms with van der Waals surface area (Å²) in [5, 5.41) is 0. The molecule has 1 radical (unpaired) electrons. The van der Waals surface area contributed by atoms with Gasteiger partial charge in [-0.2, -0.15) is 5.92 Å². The molecule has 0 aromatic carbocycles. The van der Waals surface area contributed by atoms with Crippen molar-refractivity contribution < 1.29 is 47.2 Å². The van der Waals surface area contributed by atoms with Crippen LogP contribution in [0.15, 0.2) is 0 Å². The Labute approximate surface area is 153 Å². The van der Waals surface area contributed by atoms with E-state index in [4.69, 9.17) is 14.5 Å². The topological polar surface area (TPSA) is 27.7 Å². The average Bonchev–Trinajstić information content (AvgIpc) is 2.67. The largest absolute Gasteiger partial charge is 0.344 e. The van der Waals surface area contributed by atoms with Crippen molar-refractivity contribution in [2.75, 3.05) is 0 Å². The molecule has 0 N–H and O–H groups in total. The first-order chi connectivity index (χ1) is 9.59. The van der Waals surface area contributed by atoms with E-state index >= 15 is 0 Å². The van der Waals surface area contributed by atoms with Crippen LogP contribution in [0.2, 0.25) is 0 Å². The smallest absolute Gasteiger partial charge is 0.199 e. The van der Waals surface area contributed by atoms with Crippen molar-refractivity contribution in [1.82, 2.24) is 0 Å². The zero-order valence-corrected chi connectivity index (χ0v) is 16.3. The molecule has 2 saturated carbocycles. The summed E-state index contributed by atoms with van der Waals surface area (Å²) in [5.41, 5.74) is -0.177. The van der Waals surface area contributed by atoms with Gasteiger partial charge < -0.3 is 11.2 Å². The van der Waals surface area contributed by atoms with Gasteiger partial charge in [-0.3, -0.25) is 0 Å². The minimum atomic E-state index is -0.523. The van der Waals surface area contributed by atoms with E-state index in [1.165, 1.54) is 25.7 Å². The van der Waals surface area contributed by atoms with Gasteiger partial charge in [0.2, 0.25) is 0 Å². The van der Waals surface area contributed by atoms with Gasteiger partial charge in [-0.05, 0) is 37.5 Å². The van der Waals surface area contributed by atoms with Crippen molar-refractivity contribution in [1.29, 1.82) is 0 Å². The Morgan fingerprint density at radius 1 is 1.14 bits per heavy atom. The van der Waals surface area contributed by atoms with Gasteiger partial charge in [-0.15, -0.1) is 6.42 Å². The summed E-state index contributed by atoms with van der Waals surface area (Å²) in [5.74, 6) is 2.03. The summed E-state index contributed by atoms with van der Waals surface area (Å²) in [6, 6.07) is 0. The molecular formula is C17H27O3Y-. The Bertz CT molecular complexity index is 399. The van der Waals surface area contributed by atoms with E-state index in [9.17, 15) is 0 Å². The van der Waals surface area contributed by atoms with Crippen LogP contribution in [-0.2, 0) is 47.2 Å². The van der Waals surface area contributed by atoms with Gasteiger partial charge in [-0.25, -0.2) is 9.78 Å². The molecular weight excluding hydrogens is 341 g/mol. The molecule has 3 saturated heterocycles. The normalized spacial score (nSPS) is 55.3. The summed E-state index contributed by atoms with van der Waals surface area (Å²) < 4.78 is 6.39. The van der Waals surface area contributed by atoms with Crippen molar-refractivity contribution >= 4 is 0 Å². The van der Waals surface area contributed by atoms with Crippen molar-refractivity contribution in [2.45, 2.75) is 76.8 Å². The van der Waals surface area contributed by atoms with Gasteiger partial charge in [0.25, 0.3) is 0 Å². The van der Waals surface area contributed by atoms with Crippen LogP contribution in [0.3, 0.4) is 0 Å². The summed E-state index contributed by atoms with van der Waals surface area (Å²) >= 11 is 0. The van der Waals surface area contributed by atoms with E-state index < -0.39 is 5.79 Å². The van der Waals surface area contributed by atoms with E-state index in [-0.39, 0.29) is 44.4 Å². The third-order valence-electron chi connectivity index (χ3n) is 6.59. The molecule has 7 atom stereocenters. The summed E-state index contributed by atoms with van der Waals surface area (Å²) in [7, 11) is 0. The number of hydrogen-bond donors (Lipinski definition) is 0. The molecule has 1 spiro atoms. The van der Waals surface area contributed by atoms with Gasteiger partial charge in [0, 0.05) is 39.1 Å². The summed E-state index contributed by atoms with van der Waals surface area (Å²) in [6.45, 7) is 6.75. The average molecular weight is 368 g/mol. The van der Waals surface area contributed by atoms with Crippen molar-refractivity contribution in [3.63, 3.8) is 0 Å². The molecule has 5 rings (SSSR count). The second-order valence-corrected chi connectivity index (χ2v) is 7.61. The number of fused-ring (bicyclic) bond motifs is 2. The third-order valence-corrected chi connectivity index (χ3v) is 6.59. The summed E-state index contributed by atoms with van der Waals surface area (Å²) in [6.07, 6.45) is 9.66. The fraction of sp³-hybridized carbons (Fsp3) is 0.941. The fourth-order valence-corrected chi connectivity index (χ4v) is 5.54. The van der Waals surface area contributed by atoms with Crippen LogP contribution in [-0.4, -0.2) is 17.5 Å². The van der Waals surface area contributed by atoms with Crippen LogP contribution >= 0.6 is 0 Å². The zero-order valence-electron chi connectivity index (χ0n) is 13.5. The van der Waals surface area contributed by atoms with Crippen molar-refractivity contribution in [2.24, 2.45) is 23.7 Å². The van der Waals surface area contributed by atoms with Crippen molar-refractivity contribution in [3.05, 3.63) is 6.42 Å². The van der Waals surface area contributed by atoms with Crippen LogP contribution in [0.25, 0.3) is 0 Å². The van der Waals surface area contributed by atoms with E-state index in [1.54, 1.807) is 0 Å². The quantitative estimate of drug-likeness (QED) is 0.519. The molecule has 117 valence electrons. The number of ether oxygens (including phenoxy) is 1. The molecule has 5 unspecified atom stereocenters. The molecule has 3 nitrogen and oxygen atoms in total. The second-order valence-electron chi connectivity index (χ2n) is 7.61. The molecule has 5 aliphatic rings. The van der Waals surface area contributed by atoms with E-state index in [0.717, 1.165) is 18.8 Å². The van der Waals surface area contributed by atoms with E-state index in [0.29, 0.717) is 17.8 Å². The molecule has 0 aromatic rings.